The molecule has 40 heavy (non-hydrogen) atoms. The second kappa shape index (κ2) is 8.08. The molecule has 0 saturated carbocycles. The predicted molar refractivity (Wildman–Crippen MR) is 167 cm³/mol. The van der Waals surface area contributed by atoms with Gasteiger partial charge in [-0.25, -0.2) is 0 Å². The van der Waals surface area contributed by atoms with E-state index in [2.05, 4.69) is 115 Å². The summed E-state index contributed by atoms with van der Waals surface area (Å²) in [7, 11) is 0. The Kier molecular flexibility index (Phi) is 4.36. The van der Waals surface area contributed by atoms with Crippen LogP contribution in [0.15, 0.2) is 142 Å². The van der Waals surface area contributed by atoms with Gasteiger partial charge >= 0.3 is 0 Å². The van der Waals surface area contributed by atoms with Crippen LogP contribution >= 0.6 is 0 Å². The van der Waals surface area contributed by atoms with Crippen LogP contribution in [0.4, 0.5) is 0 Å². The predicted octanol–water partition coefficient (Wildman–Crippen LogP) is 11.1. The Morgan fingerprint density at radius 1 is 0.375 bits per heavy atom. The van der Waals surface area contributed by atoms with Crippen molar-refractivity contribution in [3.8, 4) is 22.3 Å². The van der Waals surface area contributed by atoms with Gasteiger partial charge in [-0.3, -0.25) is 0 Å². The second-order valence-corrected chi connectivity index (χ2v) is 10.5. The first-order chi connectivity index (χ1) is 19.8. The number of hydrogen-bond donors (Lipinski definition) is 0. The maximum absolute atomic E-state index is 6.40. The lowest BCUT2D eigenvalue weighted by atomic mass is 9.84. The molecule has 186 valence electrons. The van der Waals surface area contributed by atoms with Crippen LogP contribution in [0.5, 0.6) is 0 Å². The minimum Gasteiger partial charge on any atom is -0.464 e. The third kappa shape index (κ3) is 2.99. The summed E-state index contributed by atoms with van der Waals surface area (Å²) in [5.41, 5.74) is 7.47. The number of benzene rings is 7. The molecule has 0 amide bonds. The number of rotatable bonds is 2. The maximum Gasteiger partial charge on any atom is 0.139 e. The highest BCUT2D eigenvalue weighted by Gasteiger charge is 2.19. The molecule has 0 N–H and O–H groups in total. The molecule has 0 aliphatic heterocycles. The Morgan fingerprint density at radius 2 is 1.02 bits per heavy atom. The molecule has 0 atom stereocenters. The summed E-state index contributed by atoms with van der Waals surface area (Å²) in [4.78, 5) is 0. The average Bonchev–Trinajstić information content (AvgIpc) is 3.61. The fourth-order valence-electron chi connectivity index (χ4n) is 6.56. The van der Waals surface area contributed by atoms with Crippen LogP contribution in [0.25, 0.3) is 87.5 Å². The number of fused-ring (bicyclic) bond motifs is 7. The molecule has 0 spiro atoms. The summed E-state index contributed by atoms with van der Waals surface area (Å²) >= 11 is 0. The highest BCUT2D eigenvalue weighted by atomic mass is 16.3. The Balaban J connectivity index is 1.38. The summed E-state index contributed by atoms with van der Waals surface area (Å²) in [6, 6.07) is 45.7. The van der Waals surface area contributed by atoms with Gasteiger partial charge in [0.2, 0.25) is 0 Å². The van der Waals surface area contributed by atoms with Crippen molar-refractivity contribution in [2.45, 2.75) is 0 Å². The van der Waals surface area contributed by atoms with Crippen LogP contribution < -0.4 is 0 Å². The van der Waals surface area contributed by atoms with Crippen LogP contribution in [0.1, 0.15) is 0 Å². The largest absolute Gasteiger partial charge is 0.464 e. The molecule has 0 fully saturated rings. The zero-order valence-electron chi connectivity index (χ0n) is 21.5. The summed E-state index contributed by atoms with van der Waals surface area (Å²) in [5.74, 6) is 0. The Bertz CT molecular complexity index is 2370. The first kappa shape index (κ1) is 21.6. The highest BCUT2D eigenvalue weighted by Crippen LogP contribution is 2.46. The van der Waals surface area contributed by atoms with E-state index in [0.717, 1.165) is 38.5 Å². The van der Waals surface area contributed by atoms with Gasteiger partial charge in [0.15, 0.2) is 0 Å². The van der Waals surface area contributed by atoms with E-state index in [4.69, 9.17) is 8.83 Å². The molecular formula is C38H22O2. The number of furan rings is 2. The summed E-state index contributed by atoms with van der Waals surface area (Å²) < 4.78 is 12.0. The molecule has 7 aromatic carbocycles. The minimum atomic E-state index is 0.841. The fraction of sp³-hybridized carbons (Fsp3) is 0. The van der Waals surface area contributed by atoms with E-state index >= 15 is 0 Å². The number of hydrogen-bond acceptors (Lipinski definition) is 2. The monoisotopic (exact) mass is 510 g/mol. The third-order valence-electron chi connectivity index (χ3n) is 8.33. The zero-order chi connectivity index (χ0) is 26.2. The maximum atomic E-state index is 6.40. The van der Waals surface area contributed by atoms with Crippen LogP contribution in [-0.4, -0.2) is 0 Å². The van der Waals surface area contributed by atoms with Crippen LogP contribution in [0.3, 0.4) is 0 Å². The Hall–Kier alpha value is -5.34. The standard InChI is InChI=1S/C38H22O2/c1-2-10-26-23(8-1)9-7-15-28(26)38-31-13-5-3-11-29(31)37(30-12-4-6-14-32(30)38)25-16-17-27-33-20-24-18-19-39-34(24)22-36(33)40-35(27)21-25/h1-22H. The normalized spacial score (nSPS) is 12.0. The van der Waals surface area contributed by atoms with E-state index in [0.29, 0.717) is 0 Å². The van der Waals surface area contributed by atoms with Crippen molar-refractivity contribution < 1.29 is 8.83 Å². The van der Waals surface area contributed by atoms with Gasteiger partial charge in [0.1, 0.15) is 16.7 Å². The molecule has 9 rings (SSSR count). The van der Waals surface area contributed by atoms with Gasteiger partial charge in [0.25, 0.3) is 0 Å². The third-order valence-corrected chi connectivity index (χ3v) is 8.33. The first-order valence-corrected chi connectivity index (χ1v) is 13.6. The van der Waals surface area contributed by atoms with E-state index in [9.17, 15) is 0 Å². The van der Waals surface area contributed by atoms with Crippen molar-refractivity contribution in [2.75, 3.05) is 0 Å². The summed E-state index contributed by atoms with van der Waals surface area (Å²) in [6.45, 7) is 0. The molecular weight excluding hydrogens is 488 g/mol. The summed E-state index contributed by atoms with van der Waals surface area (Å²) in [5, 5.41) is 10.8. The van der Waals surface area contributed by atoms with Crippen LogP contribution in [0, 0.1) is 0 Å². The van der Waals surface area contributed by atoms with Gasteiger partial charge in [-0.15, -0.1) is 0 Å². The smallest absolute Gasteiger partial charge is 0.139 e. The van der Waals surface area contributed by atoms with E-state index in [1.54, 1.807) is 6.26 Å². The van der Waals surface area contributed by atoms with E-state index in [1.165, 1.54) is 49.0 Å². The average molecular weight is 511 g/mol. The molecule has 9 aromatic rings. The zero-order valence-corrected chi connectivity index (χ0v) is 21.5. The lowest BCUT2D eigenvalue weighted by Crippen LogP contribution is -1.91. The minimum absolute atomic E-state index is 0.841. The lowest BCUT2D eigenvalue weighted by molar-refractivity contribution is 0.613. The molecule has 0 bridgehead atoms. The van der Waals surface area contributed by atoms with Gasteiger partial charge in [0, 0.05) is 22.2 Å². The molecule has 2 nitrogen and oxygen atoms in total. The highest BCUT2D eigenvalue weighted by molar-refractivity contribution is 6.24. The van der Waals surface area contributed by atoms with E-state index < -0.39 is 0 Å². The summed E-state index contributed by atoms with van der Waals surface area (Å²) in [6.07, 6.45) is 1.72. The van der Waals surface area contributed by atoms with Gasteiger partial charge in [-0.05, 0) is 78.8 Å². The molecule has 0 unspecified atom stereocenters. The lowest BCUT2D eigenvalue weighted by Gasteiger charge is -2.18. The fourth-order valence-corrected chi connectivity index (χ4v) is 6.56. The van der Waals surface area contributed by atoms with Gasteiger partial charge in [-0.1, -0.05) is 97.1 Å². The van der Waals surface area contributed by atoms with Gasteiger partial charge in [0.05, 0.1) is 6.26 Å². The van der Waals surface area contributed by atoms with Crippen molar-refractivity contribution in [2.24, 2.45) is 0 Å². The molecule has 0 aliphatic rings. The van der Waals surface area contributed by atoms with E-state index in [-0.39, 0.29) is 0 Å². The second-order valence-electron chi connectivity index (χ2n) is 10.5. The molecule has 0 radical (unpaired) electrons. The van der Waals surface area contributed by atoms with Crippen molar-refractivity contribution in [1.29, 1.82) is 0 Å². The van der Waals surface area contributed by atoms with Crippen LogP contribution in [-0.2, 0) is 0 Å². The molecule has 2 heteroatoms. The first-order valence-electron chi connectivity index (χ1n) is 13.6. The Morgan fingerprint density at radius 3 is 1.80 bits per heavy atom. The van der Waals surface area contributed by atoms with Crippen molar-refractivity contribution in [3.63, 3.8) is 0 Å². The topological polar surface area (TPSA) is 26.3 Å². The molecule has 2 heterocycles. The van der Waals surface area contributed by atoms with Gasteiger partial charge in [-0.2, -0.15) is 0 Å². The molecule has 0 saturated heterocycles. The van der Waals surface area contributed by atoms with Crippen molar-refractivity contribution >= 4 is 65.2 Å². The van der Waals surface area contributed by atoms with Gasteiger partial charge < -0.3 is 8.83 Å². The molecule has 2 aromatic heterocycles. The quantitative estimate of drug-likeness (QED) is 0.216. The molecule has 0 aliphatic carbocycles. The van der Waals surface area contributed by atoms with E-state index in [1.807, 2.05) is 12.1 Å². The SMILES string of the molecule is c1ccc2c(-c3c4ccccc4c(-c4ccc5c(c4)oc4cc6occc6cc45)c4ccccc34)cccc2c1. The van der Waals surface area contributed by atoms with Crippen molar-refractivity contribution in [3.05, 3.63) is 134 Å². The van der Waals surface area contributed by atoms with Crippen molar-refractivity contribution in [1.82, 2.24) is 0 Å². The van der Waals surface area contributed by atoms with Crippen LogP contribution in [0.2, 0.25) is 0 Å². The Labute approximate surface area is 229 Å².